The van der Waals surface area contributed by atoms with Gasteiger partial charge in [-0.05, 0) is 91.2 Å². The molecule has 238 valence electrons. The Hall–Kier alpha value is -5.44. The van der Waals surface area contributed by atoms with E-state index in [1.54, 1.807) is 38.1 Å². The number of halogens is 6. The zero-order valence-electron chi connectivity index (χ0n) is 24.7. The lowest BCUT2D eigenvalue weighted by Gasteiger charge is -2.26. The molecular weight excluding hydrogens is 612 g/mol. The van der Waals surface area contributed by atoms with E-state index in [9.17, 15) is 31.1 Å². The number of likely N-dealkylation sites (N-methyl/N-ethyl adjacent to an activating group) is 1. The summed E-state index contributed by atoms with van der Waals surface area (Å²) in [6, 6.07) is 20.4. The fourth-order valence-electron chi connectivity index (χ4n) is 4.53. The number of carbonyl (C=O) groups is 1. The third kappa shape index (κ3) is 7.43. The van der Waals surface area contributed by atoms with Crippen LogP contribution >= 0.6 is 0 Å². The largest absolute Gasteiger partial charge is 0.435 e. The Balaban J connectivity index is 0.000000216. The van der Waals surface area contributed by atoms with Gasteiger partial charge in [-0.1, -0.05) is 36.1 Å². The molecule has 2 N–H and O–H groups in total. The van der Waals surface area contributed by atoms with Gasteiger partial charge in [0.25, 0.3) is 5.91 Å². The Kier molecular flexibility index (Phi) is 10.3. The lowest BCUT2D eigenvalue weighted by molar-refractivity contribution is -0.129. The molecule has 0 fully saturated rings. The first-order valence-corrected chi connectivity index (χ1v) is 13.6. The molecule has 0 radical (unpaired) electrons. The summed E-state index contributed by atoms with van der Waals surface area (Å²) >= 11 is 0. The number of benzene rings is 4. The van der Waals surface area contributed by atoms with Gasteiger partial charge in [-0.2, -0.15) is 17.6 Å². The van der Waals surface area contributed by atoms with Crippen molar-refractivity contribution < 1.29 is 40.6 Å². The van der Waals surface area contributed by atoms with E-state index in [-0.39, 0.29) is 23.3 Å². The molecule has 1 atom stereocenters. The average Bonchev–Trinajstić information content (AvgIpc) is 3.24. The van der Waals surface area contributed by atoms with Crippen LogP contribution in [0.1, 0.15) is 33.4 Å². The Morgan fingerprint density at radius 2 is 1.35 bits per heavy atom. The molecule has 4 aromatic rings. The third-order valence-corrected chi connectivity index (χ3v) is 7.00. The predicted octanol–water partition coefficient (Wildman–Crippen LogP) is 6.90. The highest BCUT2D eigenvalue weighted by molar-refractivity contribution is 6.08. The van der Waals surface area contributed by atoms with Gasteiger partial charge < -0.3 is 15.2 Å². The minimum Gasteiger partial charge on any atom is -0.435 e. The second-order valence-electron chi connectivity index (χ2n) is 9.98. The standard InChI is InChI=1S/C18H16F3N3O2.C16H11F3O/c1-10-9-12(5-8-14(10)19)18(15(25)24(2)17(22)23-18)11-3-6-13(7-4-11)26-16(20)21;1-11-13(3-2-4-15(11)17)8-5-12-6-9-14(10-7-12)20-16(18)19/h3-9,16H,1-2H3,(H2,22,23);2-4,6-7,9-10,16H,1H3. The number of hydrogen-bond donors (Lipinski definition) is 1. The zero-order valence-corrected chi connectivity index (χ0v) is 24.7. The van der Waals surface area contributed by atoms with Crippen LogP contribution in [0.5, 0.6) is 11.5 Å². The van der Waals surface area contributed by atoms with E-state index in [1.807, 2.05) is 0 Å². The normalized spacial score (nSPS) is 15.6. The van der Waals surface area contributed by atoms with Gasteiger partial charge in [-0.25, -0.2) is 13.8 Å². The summed E-state index contributed by atoms with van der Waals surface area (Å²) in [7, 11) is 1.48. The van der Waals surface area contributed by atoms with E-state index in [0.29, 0.717) is 33.4 Å². The van der Waals surface area contributed by atoms with E-state index in [1.165, 1.54) is 72.6 Å². The summed E-state index contributed by atoms with van der Waals surface area (Å²) in [4.78, 5) is 18.5. The van der Waals surface area contributed by atoms with Crippen molar-refractivity contribution >= 4 is 11.9 Å². The quantitative estimate of drug-likeness (QED) is 0.184. The van der Waals surface area contributed by atoms with Crippen LogP contribution in [-0.4, -0.2) is 37.0 Å². The van der Waals surface area contributed by atoms with Crippen molar-refractivity contribution in [1.82, 2.24) is 4.90 Å². The van der Waals surface area contributed by atoms with Crippen LogP contribution in [0.2, 0.25) is 0 Å². The van der Waals surface area contributed by atoms with Crippen molar-refractivity contribution in [2.24, 2.45) is 10.7 Å². The first-order chi connectivity index (χ1) is 21.8. The summed E-state index contributed by atoms with van der Waals surface area (Å²) in [5.74, 6) is 4.58. The first-order valence-electron chi connectivity index (χ1n) is 13.6. The van der Waals surface area contributed by atoms with Gasteiger partial charge >= 0.3 is 13.2 Å². The smallest absolute Gasteiger partial charge is 0.387 e. The number of alkyl halides is 4. The van der Waals surface area contributed by atoms with Gasteiger partial charge in [0.2, 0.25) is 0 Å². The van der Waals surface area contributed by atoms with Crippen LogP contribution in [0.25, 0.3) is 0 Å². The number of amides is 1. The second-order valence-corrected chi connectivity index (χ2v) is 9.98. The van der Waals surface area contributed by atoms with Crippen LogP contribution in [0.15, 0.2) is 89.9 Å². The summed E-state index contributed by atoms with van der Waals surface area (Å²) in [5, 5.41) is 0. The molecule has 1 unspecified atom stereocenters. The predicted molar refractivity (Wildman–Crippen MR) is 160 cm³/mol. The van der Waals surface area contributed by atoms with Crippen molar-refractivity contribution in [1.29, 1.82) is 0 Å². The van der Waals surface area contributed by atoms with Crippen LogP contribution in [0.4, 0.5) is 26.3 Å². The number of aliphatic imine (C=N–C) groups is 1. The number of nitrogens with zero attached hydrogens (tertiary/aromatic N) is 2. The first kappa shape index (κ1) is 33.5. The van der Waals surface area contributed by atoms with Crippen LogP contribution in [-0.2, 0) is 10.3 Å². The number of carbonyl (C=O) groups excluding carboxylic acids is 1. The van der Waals surface area contributed by atoms with E-state index < -0.39 is 30.5 Å². The number of ether oxygens (including phenoxy) is 2. The fourth-order valence-corrected chi connectivity index (χ4v) is 4.53. The lowest BCUT2D eigenvalue weighted by atomic mass is 9.82. The van der Waals surface area contributed by atoms with Gasteiger partial charge in [-0.3, -0.25) is 9.69 Å². The molecule has 1 amide bonds. The minimum atomic E-state index is -2.96. The van der Waals surface area contributed by atoms with Crippen molar-refractivity contribution in [2.45, 2.75) is 32.6 Å². The molecule has 0 bridgehead atoms. The van der Waals surface area contributed by atoms with Crippen LogP contribution in [0.3, 0.4) is 0 Å². The van der Waals surface area contributed by atoms with Crippen LogP contribution in [0, 0.1) is 37.3 Å². The molecule has 1 heterocycles. The monoisotopic (exact) mass is 639 g/mol. The topological polar surface area (TPSA) is 77.2 Å². The molecular formula is C34H27F6N3O3. The van der Waals surface area contributed by atoms with Gasteiger partial charge in [0.05, 0.1) is 0 Å². The van der Waals surface area contributed by atoms with E-state index >= 15 is 0 Å². The van der Waals surface area contributed by atoms with Crippen molar-refractivity contribution in [3.63, 3.8) is 0 Å². The fraction of sp³-hybridized carbons (Fsp3) is 0.176. The maximum atomic E-state index is 13.7. The molecule has 1 aliphatic rings. The molecule has 46 heavy (non-hydrogen) atoms. The Labute approximate surface area is 261 Å². The SMILES string of the molecule is Cc1c(F)cccc1C#Cc1ccc(OC(F)F)cc1.Cc1cc(C2(c3ccc(OC(F)F)cc3)N=C(N)N(C)C2=O)ccc1F. The molecule has 0 aliphatic carbocycles. The Morgan fingerprint density at radius 3 is 1.87 bits per heavy atom. The average molecular weight is 640 g/mol. The minimum absolute atomic E-state index is 0.00452. The number of aryl methyl sites for hydroxylation is 1. The third-order valence-electron chi connectivity index (χ3n) is 7.00. The van der Waals surface area contributed by atoms with E-state index in [4.69, 9.17) is 5.73 Å². The highest BCUT2D eigenvalue weighted by atomic mass is 19.3. The highest BCUT2D eigenvalue weighted by Crippen LogP contribution is 2.40. The number of nitrogens with two attached hydrogens (primary N) is 1. The molecule has 12 heteroatoms. The summed E-state index contributed by atoms with van der Waals surface area (Å²) < 4.78 is 84.3. The number of rotatable bonds is 6. The molecule has 0 saturated carbocycles. The number of guanidine groups is 1. The Morgan fingerprint density at radius 1 is 0.783 bits per heavy atom. The second kappa shape index (κ2) is 14.1. The molecule has 0 saturated heterocycles. The summed E-state index contributed by atoms with van der Waals surface area (Å²) in [6.45, 7) is -2.58. The highest BCUT2D eigenvalue weighted by Gasteiger charge is 2.49. The maximum Gasteiger partial charge on any atom is 0.387 e. The summed E-state index contributed by atoms with van der Waals surface area (Å²) in [5.41, 5.74) is 7.22. The van der Waals surface area contributed by atoms with E-state index in [2.05, 4.69) is 26.3 Å². The van der Waals surface area contributed by atoms with Gasteiger partial charge in [0, 0.05) is 23.7 Å². The molecule has 6 nitrogen and oxygen atoms in total. The Bertz CT molecular complexity index is 1800. The molecule has 0 aromatic heterocycles. The summed E-state index contributed by atoms with van der Waals surface area (Å²) in [6.07, 6.45) is 0. The van der Waals surface area contributed by atoms with E-state index in [0.717, 1.165) is 0 Å². The van der Waals surface area contributed by atoms with Gasteiger partial charge in [0.15, 0.2) is 11.5 Å². The molecule has 0 spiro atoms. The van der Waals surface area contributed by atoms with Crippen molar-refractivity contribution in [2.75, 3.05) is 7.05 Å². The van der Waals surface area contributed by atoms with Crippen molar-refractivity contribution in [3.05, 3.63) is 130 Å². The van der Waals surface area contributed by atoms with Crippen molar-refractivity contribution in [3.8, 4) is 23.3 Å². The molecule has 1 aliphatic heterocycles. The van der Waals surface area contributed by atoms with Gasteiger partial charge in [-0.15, -0.1) is 0 Å². The number of hydrogen-bond acceptors (Lipinski definition) is 5. The molecule has 5 rings (SSSR count). The molecule has 4 aromatic carbocycles. The zero-order chi connectivity index (χ0) is 33.6. The van der Waals surface area contributed by atoms with Crippen LogP contribution < -0.4 is 15.2 Å². The lowest BCUT2D eigenvalue weighted by Crippen LogP contribution is -2.41. The van der Waals surface area contributed by atoms with Gasteiger partial charge in [0.1, 0.15) is 23.1 Å². The maximum absolute atomic E-state index is 13.7.